The van der Waals surface area contributed by atoms with Crippen molar-refractivity contribution in [3.63, 3.8) is 0 Å². The Kier molecular flexibility index (Phi) is 2.81. The highest BCUT2D eigenvalue weighted by atomic mass is 19.1. The fourth-order valence-electron chi connectivity index (χ4n) is 1.97. The van der Waals surface area contributed by atoms with Crippen LogP contribution in [-0.4, -0.2) is 12.5 Å². The predicted octanol–water partition coefficient (Wildman–Crippen LogP) is 3.34. The number of halogens is 1. The van der Waals surface area contributed by atoms with Gasteiger partial charge in [-0.15, -0.1) is 0 Å². The van der Waals surface area contributed by atoms with Gasteiger partial charge in [-0.25, -0.2) is 9.38 Å². The summed E-state index contributed by atoms with van der Waals surface area (Å²) in [5.41, 5.74) is 1.95. The number of nitrogens with zero attached hydrogens (tertiary/aromatic N) is 1. The van der Waals surface area contributed by atoms with Crippen LogP contribution in [0, 0.1) is 5.82 Å². The molecule has 18 heavy (non-hydrogen) atoms. The third-order valence-electron chi connectivity index (χ3n) is 2.93. The van der Waals surface area contributed by atoms with Gasteiger partial charge in [-0.1, -0.05) is 30.3 Å². The van der Waals surface area contributed by atoms with Gasteiger partial charge in [-0.05, 0) is 29.8 Å². The van der Waals surface area contributed by atoms with Crippen LogP contribution >= 0.6 is 0 Å². The zero-order valence-electron chi connectivity index (χ0n) is 9.71. The summed E-state index contributed by atoms with van der Waals surface area (Å²) in [4.78, 5) is 4.53. The second-order valence-electron chi connectivity index (χ2n) is 4.18. The van der Waals surface area contributed by atoms with Crippen LogP contribution in [0.5, 0.6) is 0 Å². The van der Waals surface area contributed by atoms with Gasteiger partial charge >= 0.3 is 0 Å². The van der Waals surface area contributed by atoms with Gasteiger partial charge in [0, 0.05) is 5.56 Å². The SMILES string of the molecule is Fc1ccc(C2=N[C@@H](c3ccccc3)CO2)cc1. The average molecular weight is 241 g/mol. The minimum Gasteiger partial charge on any atom is -0.475 e. The molecule has 0 bridgehead atoms. The Balaban J connectivity index is 1.86. The highest BCUT2D eigenvalue weighted by Crippen LogP contribution is 2.24. The van der Waals surface area contributed by atoms with E-state index in [1.54, 1.807) is 12.1 Å². The molecule has 0 saturated carbocycles. The van der Waals surface area contributed by atoms with E-state index in [2.05, 4.69) is 4.99 Å². The summed E-state index contributed by atoms with van der Waals surface area (Å²) in [5.74, 6) is 0.334. The van der Waals surface area contributed by atoms with E-state index in [4.69, 9.17) is 4.74 Å². The van der Waals surface area contributed by atoms with Crippen LogP contribution in [0.4, 0.5) is 4.39 Å². The molecule has 1 atom stereocenters. The summed E-state index contributed by atoms with van der Waals surface area (Å²) < 4.78 is 18.4. The zero-order chi connectivity index (χ0) is 12.4. The Bertz CT molecular complexity index is 563. The molecule has 0 aliphatic carbocycles. The van der Waals surface area contributed by atoms with Crippen LogP contribution in [0.1, 0.15) is 17.2 Å². The molecule has 0 saturated heterocycles. The molecule has 0 aromatic heterocycles. The van der Waals surface area contributed by atoms with Crippen LogP contribution < -0.4 is 0 Å². The van der Waals surface area contributed by atoms with Crippen molar-refractivity contribution in [2.45, 2.75) is 6.04 Å². The van der Waals surface area contributed by atoms with Gasteiger partial charge in [0.25, 0.3) is 0 Å². The quantitative estimate of drug-likeness (QED) is 0.790. The summed E-state index contributed by atoms with van der Waals surface area (Å²) in [7, 11) is 0. The van der Waals surface area contributed by atoms with Gasteiger partial charge in [0.1, 0.15) is 18.5 Å². The van der Waals surface area contributed by atoms with Crippen molar-refractivity contribution in [2.24, 2.45) is 4.99 Å². The number of rotatable bonds is 2. The van der Waals surface area contributed by atoms with E-state index in [1.165, 1.54) is 12.1 Å². The summed E-state index contributed by atoms with van der Waals surface area (Å²) >= 11 is 0. The lowest BCUT2D eigenvalue weighted by Gasteiger charge is -2.03. The Hall–Kier alpha value is -2.16. The molecular formula is C15H12FNO. The number of aliphatic imine (C=N–C) groups is 1. The first-order valence-electron chi connectivity index (χ1n) is 5.84. The molecule has 1 heterocycles. The maximum atomic E-state index is 12.8. The zero-order valence-corrected chi connectivity index (χ0v) is 9.71. The smallest absolute Gasteiger partial charge is 0.216 e. The number of hydrogen-bond acceptors (Lipinski definition) is 2. The van der Waals surface area contributed by atoms with E-state index in [0.717, 1.165) is 11.1 Å². The van der Waals surface area contributed by atoms with Gasteiger partial charge < -0.3 is 4.74 Å². The largest absolute Gasteiger partial charge is 0.475 e. The van der Waals surface area contributed by atoms with E-state index in [9.17, 15) is 4.39 Å². The fraction of sp³-hybridized carbons (Fsp3) is 0.133. The lowest BCUT2D eigenvalue weighted by atomic mass is 10.1. The van der Waals surface area contributed by atoms with Crippen molar-refractivity contribution in [3.8, 4) is 0 Å². The molecule has 0 fully saturated rings. The van der Waals surface area contributed by atoms with Gasteiger partial charge in [0.05, 0.1) is 0 Å². The fourth-order valence-corrected chi connectivity index (χ4v) is 1.97. The van der Waals surface area contributed by atoms with E-state index in [0.29, 0.717) is 12.5 Å². The summed E-state index contributed by atoms with van der Waals surface area (Å²) in [6, 6.07) is 16.2. The molecule has 0 spiro atoms. The van der Waals surface area contributed by atoms with Crippen molar-refractivity contribution < 1.29 is 9.13 Å². The predicted molar refractivity (Wildman–Crippen MR) is 68.1 cm³/mol. The highest BCUT2D eigenvalue weighted by Gasteiger charge is 2.21. The van der Waals surface area contributed by atoms with Gasteiger partial charge in [0.15, 0.2) is 0 Å². The van der Waals surface area contributed by atoms with E-state index < -0.39 is 0 Å². The molecule has 1 aliphatic rings. The normalized spacial score (nSPS) is 18.3. The molecule has 3 heteroatoms. The van der Waals surface area contributed by atoms with Crippen LogP contribution in [0.3, 0.4) is 0 Å². The second kappa shape index (κ2) is 4.61. The lowest BCUT2D eigenvalue weighted by molar-refractivity contribution is 0.320. The van der Waals surface area contributed by atoms with Crippen LogP contribution in [0.25, 0.3) is 0 Å². The molecule has 90 valence electrons. The Morgan fingerprint density at radius 3 is 2.44 bits per heavy atom. The lowest BCUT2D eigenvalue weighted by Crippen LogP contribution is -2.01. The topological polar surface area (TPSA) is 21.6 Å². The molecular weight excluding hydrogens is 229 g/mol. The molecule has 0 unspecified atom stereocenters. The van der Waals surface area contributed by atoms with Crippen molar-refractivity contribution in [2.75, 3.05) is 6.61 Å². The maximum Gasteiger partial charge on any atom is 0.216 e. The van der Waals surface area contributed by atoms with Crippen molar-refractivity contribution in [3.05, 3.63) is 71.5 Å². The highest BCUT2D eigenvalue weighted by molar-refractivity contribution is 5.95. The first kappa shape index (κ1) is 11.0. The van der Waals surface area contributed by atoms with E-state index in [-0.39, 0.29) is 11.9 Å². The minimum atomic E-state index is -0.253. The van der Waals surface area contributed by atoms with Crippen LogP contribution in [0.15, 0.2) is 59.6 Å². The maximum absolute atomic E-state index is 12.8. The van der Waals surface area contributed by atoms with Crippen LogP contribution in [0.2, 0.25) is 0 Å². The molecule has 2 aromatic rings. The third kappa shape index (κ3) is 2.12. The first-order chi connectivity index (χ1) is 8.83. The minimum absolute atomic E-state index is 0.0336. The molecule has 0 amide bonds. The monoisotopic (exact) mass is 241 g/mol. The standard InChI is InChI=1S/C15H12FNO/c16-13-8-6-12(7-9-13)15-17-14(10-18-15)11-4-2-1-3-5-11/h1-9,14H,10H2/t14-/m1/s1. The summed E-state index contributed by atoms with van der Waals surface area (Å²) in [5, 5.41) is 0. The Morgan fingerprint density at radius 2 is 1.72 bits per heavy atom. The molecule has 2 aromatic carbocycles. The second-order valence-corrected chi connectivity index (χ2v) is 4.18. The number of benzene rings is 2. The van der Waals surface area contributed by atoms with Crippen molar-refractivity contribution in [1.29, 1.82) is 0 Å². The van der Waals surface area contributed by atoms with Gasteiger partial charge in [0.2, 0.25) is 5.90 Å². The van der Waals surface area contributed by atoms with Gasteiger partial charge in [-0.2, -0.15) is 0 Å². The Morgan fingerprint density at radius 1 is 1.00 bits per heavy atom. The number of ether oxygens (including phenoxy) is 1. The molecule has 1 aliphatic heterocycles. The molecule has 2 nitrogen and oxygen atoms in total. The molecule has 3 rings (SSSR count). The van der Waals surface area contributed by atoms with E-state index >= 15 is 0 Å². The molecule has 0 radical (unpaired) electrons. The van der Waals surface area contributed by atoms with E-state index in [1.807, 2.05) is 30.3 Å². The third-order valence-corrected chi connectivity index (χ3v) is 2.93. The Labute approximate surface area is 105 Å². The van der Waals surface area contributed by atoms with Crippen molar-refractivity contribution in [1.82, 2.24) is 0 Å². The number of hydrogen-bond donors (Lipinski definition) is 0. The summed E-state index contributed by atoms with van der Waals surface area (Å²) in [6.45, 7) is 0.538. The summed E-state index contributed by atoms with van der Waals surface area (Å²) in [6.07, 6.45) is 0. The average Bonchev–Trinajstić information content (AvgIpc) is 2.90. The first-order valence-corrected chi connectivity index (χ1v) is 5.84. The van der Waals surface area contributed by atoms with Crippen LogP contribution in [-0.2, 0) is 4.74 Å². The van der Waals surface area contributed by atoms with Crippen molar-refractivity contribution >= 4 is 5.90 Å². The molecule has 0 N–H and O–H groups in total. The van der Waals surface area contributed by atoms with Gasteiger partial charge in [-0.3, -0.25) is 0 Å².